The minimum absolute atomic E-state index is 0.0129. The van der Waals surface area contributed by atoms with Gasteiger partial charge >= 0.3 is 5.97 Å². The number of aliphatic carboxylic acids is 1. The Hall–Kier alpha value is -2.37. The summed E-state index contributed by atoms with van der Waals surface area (Å²) < 4.78 is 18.9. The van der Waals surface area contributed by atoms with Gasteiger partial charge in [-0.15, -0.1) is 0 Å². The van der Waals surface area contributed by atoms with Crippen molar-refractivity contribution >= 4 is 22.8 Å². The maximum Gasteiger partial charge on any atom is 0.305 e. The molecule has 1 amide bonds. The number of hydrogen-bond acceptors (Lipinski definition) is 3. The average Bonchev–Trinajstić information content (AvgIpc) is 2.77. The molecular weight excluding hydrogens is 277 g/mol. The van der Waals surface area contributed by atoms with E-state index >= 15 is 0 Å². The summed E-state index contributed by atoms with van der Waals surface area (Å²) in [7, 11) is 0. The van der Waals surface area contributed by atoms with Gasteiger partial charge in [-0.05, 0) is 19.4 Å². The van der Waals surface area contributed by atoms with Crippen LogP contribution in [0.1, 0.15) is 35.9 Å². The lowest BCUT2D eigenvalue weighted by Crippen LogP contribution is -2.36. The topological polar surface area (TPSA) is 79.5 Å². The third-order valence-corrected chi connectivity index (χ3v) is 3.37. The lowest BCUT2D eigenvalue weighted by Gasteiger charge is -2.13. The molecule has 2 aromatic rings. The van der Waals surface area contributed by atoms with Gasteiger partial charge in [-0.2, -0.15) is 0 Å². The fourth-order valence-electron chi connectivity index (χ4n) is 2.18. The van der Waals surface area contributed by atoms with E-state index in [1.807, 2.05) is 0 Å². The van der Waals surface area contributed by atoms with Gasteiger partial charge in [-0.1, -0.05) is 19.1 Å². The molecule has 0 radical (unpaired) electrons. The maximum absolute atomic E-state index is 13.6. The number of nitrogens with one attached hydrogen (secondary N) is 1. The summed E-state index contributed by atoms with van der Waals surface area (Å²) in [5.74, 6) is -2.04. The molecule has 0 fully saturated rings. The van der Waals surface area contributed by atoms with E-state index in [4.69, 9.17) is 9.52 Å². The van der Waals surface area contributed by atoms with Crippen LogP contribution in [0.2, 0.25) is 0 Å². The zero-order valence-electron chi connectivity index (χ0n) is 11.8. The van der Waals surface area contributed by atoms with Crippen molar-refractivity contribution in [1.29, 1.82) is 0 Å². The van der Waals surface area contributed by atoms with Crippen molar-refractivity contribution in [2.75, 3.05) is 0 Å². The zero-order valence-corrected chi connectivity index (χ0v) is 11.8. The molecule has 112 valence electrons. The molecule has 0 aliphatic carbocycles. The van der Waals surface area contributed by atoms with Crippen molar-refractivity contribution < 1.29 is 23.5 Å². The number of carbonyl (C=O) groups is 2. The van der Waals surface area contributed by atoms with Crippen LogP contribution in [0.15, 0.2) is 22.6 Å². The number of rotatable bonds is 5. The molecule has 2 rings (SSSR count). The number of furan rings is 1. The van der Waals surface area contributed by atoms with Crippen molar-refractivity contribution in [2.24, 2.45) is 0 Å². The summed E-state index contributed by atoms with van der Waals surface area (Å²) in [5, 5.41) is 11.9. The summed E-state index contributed by atoms with van der Waals surface area (Å²) in [6.07, 6.45) is 0.307. The Morgan fingerprint density at radius 3 is 2.71 bits per heavy atom. The number of aryl methyl sites for hydroxylation is 1. The van der Waals surface area contributed by atoms with E-state index in [0.717, 1.165) is 0 Å². The first-order chi connectivity index (χ1) is 9.93. The van der Waals surface area contributed by atoms with Crippen LogP contribution in [0.5, 0.6) is 0 Å². The normalized spacial score (nSPS) is 12.3. The van der Waals surface area contributed by atoms with Crippen molar-refractivity contribution in [3.8, 4) is 0 Å². The van der Waals surface area contributed by atoms with Gasteiger partial charge < -0.3 is 14.8 Å². The molecule has 2 N–H and O–H groups in total. The van der Waals surface area contributed by atoms with Gasteiger partial charge in [0.05, 0.1) is 6.42 Å². The minimum atomic E-state index is -0.991. The predicted molar refractivity (Wildman–Crippen MR) is 74.7 cm³/mol. The minimum Gasteiger partial charge on any atom is -0.481 e. The Balaban J connectivity index is 2.29. The Bertz CT molecular complexity index is 692. The Labute approximate surface area is 120 Å². The molecular formula is C15H16FNO4. The monoisotopic (exact) mass is 293 g/mol. The predicted octanol–water partition coefficient (Wildman–Crippen LogP) is 2.86. The molecule has 1 atom stereocenters. The van der Waals surface area contributed by atoms with Gasteiger partial charge in [0.15, 0.2) is 17.2 Å². The van der Waals surface area contributed by atoms with E-state index in [-0.39, 0.29) is 17.8 Å². The first-order valence-corrected chi connectivity index (χ1v) is 6.64. The van der Waals surface area contributed by atoms with Gasteiger partial charge in [-0.3, -0.25) is 9.59 Å². The van der Waals surface area contributed by atoms with E-state index in [1.165, 1.54) is 6.07 Å². The SMILES string of the molecule is CCC(CC(=O)O)NC(=O)c1oc2c(F)cccc2c1C. The van der Waals surface area contributed by atoms with Crippen molar-refractivity contribution in [3.05, 3.63) is 35.3 Å². The number of hydrogen-bond donors (Lipinski definition) is 2. The highest BCUT2D eigenvalue weighted by atomic mass is 19.1. The summed E-state index contributed by atoms with van der Waals surface area (Å²) in [4.78, 5) is 22.9. The van der Waals surface area contributed by atoms with E-state index in [9.17, 15) is 14.0 Å². The maximum atomic E-state index is 13.6. The van der Waals surface area contributed by atoms with Gasteiger partial charge in [0.2, 0.25) is 0 Å². The molecule has 0 aliphatic heterocycles. The van der Waals surface area contributed by atoms with Gasteiger partial charge in [0.25, 0.3) is 5.91 Å². The molecule has 6 heteroatoms. The molecule has 0 aliphatic rings. The van der Waals surface area contributed by atoms with Gasteiger partial charge in [0, 0.05) is 17.0 Å². The quantitative estimate of drug-likeness (QED) is 0.888. The molecule has 1 unspecified atom stereocenters. The molecule has 1 aromatic carbocycles. The molecule has 21 heavy (non-hydrogen) atoms. The highest BCUT2D eigenvalue weighted by molar-refractivity contribution is 5.99. The van der Waals surface area contributed by atoms with Crippen LogP contribution in [-0.4, -0.2) is 23.0 Å². The first-order valence-electron chi connectivity index (χ1n) is 6.64. The number of amides is 1. The number of para-hydroxylation sites is 1. The van der Waals surface area contributed by atoms with Gasteiger partial charge in [-0.25, -0.2) is 4.39 Å². The van der Waals surface area contributed by atoms with E-state index in [0.29, 0.717) is 17.4 Å². The Morgan fingerprint density at radius 1 is 1.43 bits per heavy atom. The lowest BCUT2D eigenvalue weighted by molar-refractivity contribution is -0.137. The summed E-state index contributed by atoms with van der Waals surface area (Å²) in [5.41, 5.74) is 0.568. The first kappa shape index (κ1) is 15.0. The second kappa shape index (κ2) is 5.95. The molecule has 5 nitrogen and oxygen atoms in total. The Kier molecular flexibility index (Phi) is 4.26. The van der Waals surface area contributed by atoms with Crippen LogP contribution < -0.4 is 5.32 Å². The van der Waals surface area contributed by atoms with Crippen LogP contribution in [-0.2, 0) is 4.79 Å². The molecule has 0 bridgehead atoms. The molecule has 1 heterocycles. The van der Waals surface area contributed by atoms with Gasteiger partial charge in [0.1, 0.15) is 0 Å². The lowest BCUT2D eigenvalue weighted by atomic mass is 10.1. The van der Waals surface area contributed by atoms with Crippen LogP contribution >= 0.6 is 0 Å². The van der Waals surface area contributed by atoms with Crippen LogP contribution in [0, 0.1) is 12.7 Å². The van der Waals surface area contributed by atoms with Crippen LogP contribution in [0.3, 0.4) is 0 Å². The van der Waals surface area contributed by atoms with E-state index in [1.54, 1.807) is 26.0 Å². The van der Waals surface area contributed by atoms with E-state index in [2.05, 4.69) is 5.32 Å². The highest BCUT2D eigenvalue weighted by Crippen LogP contribution is 2.27. The van der Waals surface area contributed by atoms with Crippen molar-refractivity contribution in [3.63, 3.8) is 0 Å². The summed E-state index contributed by atoms with van der Waals surface area (Å²) >= 11 is 0. The zero-order chi connectivity index (χ0) is 15.6. The number of halogens is 1. The second-order valence-corrected chi connectivity index (χ2v) is 4.85. The third-order valence-electron chi connectivity index (χ3n) is 3.37. The standard InChI is InChI=1S/C15H16FNO4/c1-3-9(7-12(18)19)17-15(20)13-8(2)10-5-4-6-11(16)14(10)21-13/h4-6,9H,3,7H2,1-2H3,(H,17,20)(H,18,19). The average molecular weight is 293 g/mol. The fourth-order valence-corrected chi connectivity index (χ4v) is 2.18. The van der Waals surface area contributed by atoms with Crippen LogP contribution in [0.25, 0.3) is 11.0 Å². The number of fused-ring (bicyclic) bond motifs is 1. The van der Waals surface area contributed by atoms with Crippen molar-refractivity contribution in [2.45, 2.75) is 32.7 Å². The summed E-state index contributed by atoms with van der Waals surface area (Å²) in [6.45, 7) is 3.44. The highest BCUT2D eigenvalue weighted by Gasteiger charge is 2.22. The third kappa shape index (κ3) is 3.04. The molecule has 0 saturated heterocycles. The smallest absolute Gasteiger partial charge is 0.305 e. The van der Waals surface area contributed by atoms with Crippen LogP contribution in [0.4, 0.5) is 4.39 Å². The molecule has 1 aromatic heterocycles. The second-order valence-electron chi connectivity index (χ2n) is 4.85. The largest absolute Gasteiger partial charge is 0.481 e. The number of carbonyl (C=O) groups excluding carboxylic acids is 1. The summed E-state index contributed by atoms with van der Waals surface area (Å²) in [6, 6.07) is 3.98. The fraction of sp³-hybridized carbons (Fsp3) is 0.333. The number of carboxylic acids is 1. The molecule has 0 spiro atoms. The van der Waals surface area contributed by atoms with E-state index < -0.39 is 23.7 Å². The number of carboxylic acid groups (broad SMARTS) is 1. The number of benzene rings is 1. The Morgan fingerprint density at radius 2 is 2.14 bits per heavy atom. The molecule has 0 saturated carbocycles. The van der Waals surface area contributed by atoms with Crippen molar-refractivity contribution in [1.82, 2.24) is 5.32 Å².